The van der Waals surface area contributed by atoms with Crippen molar-refractivity contribution in [2.45, 2.75) is 24.0 Å². The fourth-order valence-corrected chi connectivity index (χ4v) is 4.67. The van der Waals surface area contributed by atoms with Gasteiger partial charge in [0.25, 0.3) is 11.8 Å². The lowest BCUT2D eigenvalue weighted by Crippen LogP contribution is -2.30. The van der Waals surface area contributed by atoms with Gasteiger partial charge in [0.2, 0.25) is 11.8 Å². The van der Waals surface area contributed by atoms with Crippen molar-refractivity contribution in [3.05, 3.63) is 131 Å². The zero-order valence-corrected chi connectivity index (χ0v) is 23.9. The number of amides is 4. The molecular formula is C33H30N4O4S. The Bertz CT molecular complexity index is 1600. The molecule has 4 aromatic rings. The van der Waals surface area contributed by atoms with Gasteiger partial charge in [0.15, 0.2) is 0 Å². The van der Waals surface area contributed by atoms with E-state index in [1.54, 1.807) is 85.8 Å². The Morgan fingerprint density at radius 1 is 0.738 bits per heavy atom. The van der Waals surface area contributed by atoms with Gasteiger partial charge in [0, 0.05) is 27.4 Å². The Labute approximate surface area is 248 Å². The summed E-state index contributed by atoms with van der Waals surface area (Å²) >= 11 is 1.35. The number of nitrogens with two attached hydrogens (primary N) is 1. The van der Waals surface area contributed by atoms with E-state index in [0.29, 0.717) is 22.5 Å². The number of primary amides is 1. The standard InChI is InChI=1S/C33H30N4O4S/c1-21-8-10-23(11-9-21)20-29(37-32(40)25-6-4-3-5-7-25)33(41)36-27-16-18-28(19-17-27)42-22(2)31(39)35-26-14-12-24(13-15-26)30(34)38/h3-20,22H,1-2H3,(H2,34,38)(H,35,39)(H,36,41)(H,37,40)/b29-20-. The van der Waals surface area contributed by atoms with Gasteiger partial charge in [-0.1, -0.05) is 48.0 Å². The molecule has 0 bridgehead atoms. The number of anilines is 2. The Morgan fingerprint density at radius 3 is 1.95 bits per heavy atom. The molecule has 0 aliphatic carbocycles. The van der Waals surface area contributed by atoms with E-state index in [9.17, 15) is 19.2 Å². The first-order chi connectivity index (χ1) is 20.2. The van der Waals surface area contributed by atoms with E-state index < -0.39 is 23.0 Å². The minimum Gasteiger partial charge on any atom is -0.366 e. The van der Waals surface area contributed by atoms with E-state index in [2.05, 4.69) is 16.0 Å². The summed E-state index contributed by atoms with van der Waals surface area (Å²) in [6.45, 7) is 3.75. The number of hydrogen-bond donors (Lipinski definition) is 4. The van der Waals surface area contributed by atoms with E-state index in [0.717, 1.165) is 16.0 Å². The molecule has 0 heterocycles. The second kappa shape index (κ2) is 14.0. The van der Waals surface area contributed by atoms with Crippen LogP contribution in [0, 0.1) is 6.92 Å². The smallest absolute Gasteiger partial charge is 0.272 e. The Morgan fingerprint density at radius 2 is 1.33 bits per heavy atom. The summed E-state index contributed by atoms with van der Waals surface area (Å²) < 4.78 is 0. The topological polar surface area (TPSA) is 130 Å². The minimum atomic E-state index is -0.535. The third kappa shape index (κ3) is 8.42. The Kier molecular flexibility index (Phi) is 9.91. The molecule has 212 valence electrons. The molecule has 0 aliphatic rings. The summed E-state index contributed by atoms with van der Waals surface area (Å²) in [5.41, 5.74) is 9.08. The maximum absolute atomic E-state index is 13.3. The van der Waals surface area contributed by atoms with E-state index in [4.69, 9.17) is 5.73 Å². The number of nitrogens with one attached hydrogen (secondary N) is 3. The molecule has 4 rings (SSSR count). The second-order valence-corrected chi connectivity index (χ2v) is 10.9. The Balaban J connectivity index is 1.40. The third-order valence-electron chi connectivity index (χ3n) is 6.15. The molecule has 42 heavy (non-hydrogen) atoms. The summed E-state index contributed by atoms with van der Waals surface area (Å²) in [5, 5.41) is 7.97. The number of rotatable bonds is 10. The molecule has 0 aliphatic heterocycles. The number of carbonyl (C=O) groups is 4. The van der Waals surface area contributed by atoms with Crippen molar-refractivity contribution in [1.82, 2.24) is 5.32 Å². The van der Waals surface area contributed by atoms with Crippen LogP contribution < -0.4 is 21.7 Å². The zero-order chi connectivity index (χ0) is 30.1. The van der Waals surface area contributed by atoms with Crippen molar-refractivity contribution in [3.63, 3.8) is 0 Å². The predicted molar refractivity (Wildman–Crippen MR) is 167 cm³/mol. The first-order valence-corrected chi connectivity index (χ1v) is 14.0. The van der Waals surface area contributed by atoms with E-state index in [1.165, 1.54) is 11.8 Å². The highest BCUT2D eigenvalue weighted by molar-refractivity contribution is 8.00. The second-order valence-electron chi connectivity index (χ2n) is 9.46. The monoisotopic (exact) mass is 578 g/mol. The van der Waals surface area contributed by atoms with Gasteiger partial charge in [-0.2, -0.15) is 0 Å². The van der Waals surface area contributed by atoms with Crippen molar-refractivity contribution >= 4 is 52.8 Å². The summed E-state index contributed by atoms with van der Waals surface area (Å²) in [4.78, 5) is 50.8. The van der Waals surface area contributed by atoms with Crippen LogP contribution in [0.3, 0.4) is 0 Å². The van der Waals surface area contributed by atoms with Crippen molar-refractivity contribution in [3.8, 4) is 0 Å². The predicted octanol–water partition coefficient (Wildman–Crippen LogP) is 5.62. The summed E-state index contributed by atoms with van der Waals surface area (Å²) in [5.74, 6) is -1.61. The molecule has 8 nitrogen and oxygen atoms in total. The summed E-state index contributed by atoms with van der Waals surface area (Å²) in [7, 11) is 0. The molecule has 4 amide bonds. The molecule has 1 atom stereocenters. The van der Waals surface area contributed by atoms with Crippen LogP contribution in [0.1, 0.15) is 38.8 Å². The SMILES string of the molecule is Cc1ccc(/C=C(\NC(=O)c2ccccc2)C(=O)Nc2ccc(SC(C)C(=O)Nc3ccc(C(N)=O)cc3)cc2)cc1. The molecule has 0 saturated heterocycles. The molecule has 4 aromatic carbocycles. The molecule has 0 saturated carbocycles. The van der Waals surface area contributed by atoms with Crippen molar-refractivity contribution in [1.29, 1.82) is 0 Å². The number of hydrogen-bond acceptors (Lipinski definition) is 5. The van der Waals surface area contributed by atoms with Crippen LogP contribution in [0.4, 0.5) is 11.4 Å². The largest absolute Gasteiger partial charge is 0.366 e. The molecular weight excluding hydrogens is 548 g/mol. The van der Waals surface area contributed by atoms with Crippen LogP contribution in [0.5, 0.6) is 0 Å². The lowest BCUT2D eigenvalue weighted by molar-refractivity contribution is -0.115. The molecule has 9 heteroatoms. The van der Waals surface area contributed by atoms with Crippen molar-refractivity contribution in [2.24, 2.45) is 5.73 Å². The van der Waals surface area contributed by atoms with Gasteiger partial charge in [-0.15, -0.1) is 11.8 Å². The van der Waals surface area contributed by atoms with Gasteiger partial charge in [-0.05, 0) is 86.2 Å². The minimum absolute atomic E-state index is 0.0975. The van der Waals surface area contributed by atoms with Gasteiger partial charge < -0.3 is 21.7 Å². The van der Waals surface area contributed by atoms with E-state index in [1.807, 2.05) is 37.3 Å². The van der Waals surface area contributed by atoms with Gasteiger partial charge >= 0.3 is 0 Å². The van der Waals surface area contributed by atoms with Crippen LogP contribution in [0.2, 0.25) is 0 Å². The molecule has 0 aromatic heterocycles. The zero-order valence-electron chi connectivity index (χ0n) is 23.1. The third-order valence-corrected chi connectivity index (χ3v) is 7.26. The quantitative estimate of drug-likeness (QED) is 0.143. The normalized spacial score (nSPS) is 11.7. The van der Waals surface area contributed by atoms with Crippen LogP contribution >= 0.6 is 11.8 Å². The number of benzene rings is 4. The fourth-order valence-electron chi connectivity index (χ4n) is 3.81. The van der Waals surface area contributed by atoms with Gasteiger partial charge in [0.05, 0.1) is 5.25 Å². The van der Waals surface area contributed by atoms with Crippen LogP contribution in [0.25, 0.3) is 6.08 Å². The lowest BCUT2D eigenvalue weighted by atomic mass is 10.1. The fraction of sp³-hybridized carbons (Fsp3) is 0.0909. The van der Waals surface area contributed by atoms with Gasteiger partial charge in [-0.3, -0.25) is 19.2 Å². The lowest BCUT2D eigenvalue weighted by Gasteiger charge is -2.14. The number of thioether (sulfide) groups is 1. The van der Waals surface area contributed by atoms with Gasteiger partial charge in [0.1, 0.15) is 5.70 Å². The summed E-state index contributed by atoms with van der Waals surface area (Å²) in [6, 6.07) is 29.7. The van der Waals surface area contributed by atoms with Crippen molar-refractivity contribution in [2.75, 3.05) is 10.6 Å². The van der Waals surface area contributed by atoms with E-state index >= 15 is 0 Å². The first-order valence-electron chi connectivity index (χ1n) is 13.1. The highest BCUT2D eigenvalue weighted by Crippen LogP contribution is 2.26. The van der Waals surface area contributed by atoms with Crippen molar-refractivity contribution < 1.29 is 19.2 Å². The first kappa shape index (κ1) is 29.8. The molecule has 1 unspecified atom stereocenters. The van der Waals surface area contributed by atoms with Crippen LogP contribution in [-0.2, 0) is 9.59 Å². The molecule has 0 fully saturated rings. The van der Waals surface area contributed by atoms with Crippen LogP contribution in [0.15, 0.2) is 114 Å². The van der Waals surface area contributed by atoms with Crippen LogP contribution in [-0.4, -0.2) is 28.9 Å². The average Bonchev–Trinajstić information content (AvgIpc) is 2.99. The van der Waals surface area contributed by atoms with E-state index in [-0.39, 0.29) is 11.6 Å². The molecule has 0 radical (unpaired) electrons. The summed E-state index contributed by atoms with van der Waals surface area (Å²) in [6.07, 6.45) is 1.63. The van der Waals surface area contributed by atoms with Gasteiger partial charge in [-0.25, -0.2) is 0 Å². The maximum atomic E-state index is 13.3. The molecule has 5 N–H and O–H groups in total. The highest BCUT2D eigenvalue weighted by Gasteiger charge is 2.17. The number of carbonyl (C=O) groups excluding carboxylic acids is 4. The maximum Gasteiger partial charge on any atom is 0.272 e. The average molecular weight is 579 g/mol. The highest BCUT2D eigenvalue weighted by atomic mass is 32.2. The Hall–Kier alpha value is -5.15. The molecule has 0 spiro atoms. The number of aryl methyl sites for hydroxylation is 1.